The highest BCUT2D eigenvalue weighted by molar-refractivity contribution is 14.0. The average Bonchev–Trinajstić information content (AvgIpc) is 2.53. The van der Waals surface area contributed by atoms with Crippen LogP contribution in [0.2, 0.25) is 0 Å². The van der Waals surface area contributed by atoms with Crippen molar-refractivity contribution in [1.29, 1.82) is 0 Å². The number of hydrogen-bond acceptors (Lipinski definition) is 3. The number of guanidine groups is 1. The van der Waals surface area contributed by atoms with Crippen molar-refractivity contribution in [2.45, 2.75) is 26.1 Å². The summed E-state index contributed by atoms with van der Waals surface area (Å²) in [5.74, 6) is 0.709. The van der Waals surface area contributed by atoms with Crippen molar-refractivity contribution in [3.63, 3.8) is 0 Å². The fraction of sp³-hybridized carbons (Fsp3) is 0.588. The molecule has 27 heavy (non-hydrogen) atoms. The first-order valence-corrected chi connectivity index (χ1v) is 8.39. The molecule has 2 N–H and O–H groups in total. The Balaban J connectivity index is 0.00000676. The minimum Gasteiger partial charge on any atom is -0.489 e. The van der Waals surface area contributed by atoms with Crippen LogP contribution in [0.4, 0.5) is 17.6 Å². The molecular weight excluding hydrogens is 479 g/mol. The van der Waals surface area contributed by atoms with Crippen LogP contribution in [0.25, 0.3) is 0 Å². The average molecular weight is 506 g/mol. The second-order valence-electron chi connectivity index (χ2n) is 5.88. The van der Waals surface area contributed by atoms with E-state index in [9.17, 15) is 17.6 Å². The molecule has 0 aliphatic carbocycles. The molecule has 1 atom stereocenters. The summed E-state index contributed by atoms with van der Waals surface area (Å²) in [6.07, 6.45) is -4.45. The van der Waals surface area contributed by atoms with Gasteiger partial charge in [-0.1, -0.05) is 0 Å². The molecule has 1 aromatic carbocycles. The molecule has 0 fully saturated rings. The van der Waals surface area contributed by atoms with Crippen LogP contribution < -0.4 is 15.4 Å². The number of aliphatic imine (C=N–C) groups is 1. The molecule has 1 unspecified atom stereocenters. The normalized spacial score (nSPS) is 13.1. The van der Waals surface area contributed by atoms with E-state index >= 15 is 0 Å². The molecule has 1 aromatic rings. The molecule has 0 saturated carbocycles. The number of alkyl halides is 3. The Kier molecular flexibility index (Phi) is 12.4. The lowest BCUT2D eigenvalue weighted by Crippen LogP contribution is -2.42. The van der Waals surface area contributed by atoms with Crippen LogP contribution in [0.1, 0.15) is 13.8 Å². The molecule has 10 heteroatoms. The van der Waals surface area contributed by atoms with Gasteiger partial charge in [-0.3, -0.25) is 4.90 Å². The molecular formula is C17H27F4IN4O. The molecule has 0 bridgehead atoms. The fourth-order valence-corrected chi connectivity index (χ4v) is 2.09. The monoisotopic (exact) mass is 506 g/mol. The van der Waals surface area contributed by atoms with Gasteiger partial charge in [0.05, 0.1) is 13.1 Å². The molecule has 0 radical (unpaired) electrons. The van der Waals surface area contributed by atoms with E-state index in [-0.39, 0.29) is 42.4 Å². The Morgan fingerprint density at radius 1 is 1.22 bits per heavy atom. The zero-order valence-electron chi connectivity index (χ0n) is 15.6. The van der Waals surface area contributed by atoms with Gasteiger partial charge in [0.25, 0.3) is 0 Å². The van der Waals surface area contributed by atoms with Crippen LogP contribution >= 0.6 is 24.0 Å². The molecule has 0 heterocycles. The van der Waals surface area contributed by atoms with Crippen molar-refractivity contribution in [1.82, 2.24) is 15.5 Å². The van der Waals surface area contributed by atoms with Crippen molar-refractivity contribution in [2.24, 2.45) is 4.99 Å². The summed E-state index contributed by atoms with van der Waals surface area (Å²) in [4.78, 5) is 5.54. The van der Waals surface area contributed by atoms with E-state index in [2.05, 4.69) is 15.6 Å². The Hall–Kier alpha value is -1.30. The Labute approximate surface area is 174 Å². The summed E-state index contributed by atoms with van der Waals surface area (Å²) < 4.78 is 55.4. The molecule has 0 amide bonds. The van der Waals surface area contributed by atoms with Gasteiger partial charge < -0.3 is 15.4 Å². The zero-order valence-corrected chi connectivity index (χ0v) is 18.0. The third-order valence-corrected chi connectivity index (χ3v) is 3.24. The SMILES string of the molecule is CCNC(=NCC(C)Oc1ccc(F)cc1)NCCN(C)CC(F)(F)F.I. The van der Waals surface area contributed by atoms with Crippen molar-refractivity contribution in [3.05, 3.63) is 30.1 Å². The second-order valence-corrected chi connectivity index (χ2v) is 5.88. The summed E-state index contributed by atoms with van der Waals surface area (Å²) in [5.41, 5.74) is 0. The number of benzene rings is 1. The maximum absolute atomic E-state index is 12.9. The molecule has 0 aromatic heterocycles. The summed E-state index contributed by atoms with van der Waals surface area (Å²) in [5, 5.41) is 6.01. The van der Waals surface area contributed by atoms with Crippen LogP contribution in [-0.4, -0.2) is 62.9 Å². The van der Waals surface area contributed by atoms with Gasteiger partial charge in [-0.05, 0) is 45.2 Å². The summed E-state index contributed by atoms with van der Waals surface area (Å²) in [6.45, 7) is 4.28. The number of rotatable bonds is 9. The summed E-state index contributed by atoms with van der Waals surface area (Å²) >= 11 is 0. The molecule has 0 aliphatic rings. The van der Waals surface area contributed by atoms with E-state index in [1.165, 1.54) is 36.2 Å². The lowest BCUT2D eigenvalue weighted by Gasteiger charge is -2.20. The van der Waals surface area contributed by atoms with Gasteiger partial charge >= 0.3 is 6.18 Å². The van der Waals surface area contributed by atoms with Crippen LogP contribution in [0.15, 0.2) is 29.3 Å². The second kappa shape index (κ2) is 13.0. The number of ether oxygens (including phenoxy) is 1. The van der Waals surface area contributed by atoms with Gasteiger partial charge in [-0.2, -0.15) is 13.2 Å². The molecule has 0 aliphatic heterocycles. The van der Waals surface area contributed by atoms with E-state index in [1.54, 1.807) is 0 Å². The summed E-state index contributed by atoms with van der Waals surface area (Å²) in [7, 11) is 1.41. The van der Waals surface area contributed by atoms with Gasteiger partial charge in [0, 0.05) is 19.6 Å². The lowest BCUT2D eigenvalue weighted by atomic mass is 10.3. The van der Waals surface area contributed by atoms with Crippen molar-refractivity contribution in [2.75, 3.05) is 39.8 Å². The van der Waals surface area contributed by atoms with E-state index in [0.29, 0.717) is 31.3 Å². The number of hydrogen-bond donors (Lipinski definition) is 2. The highest BCUT2D eigenvalue weighted by Gasteiger charge is 2.28. The maximum Gasteiger partial charge on any atom is 0.401 e. The van der Waals surface area contributed by atoms with Crippen LogP contribution in [-0.2, 0) is 0 Å². The van der Waals surface area contributed by atoms with Crippen molar-refractivity contribution >= 4 is 29.9 Å². The van der Waals surface area contributed by atoms with Crippen LogP contribution in [0.5, 0.6) is 5.75 Å². The first-order valence-electron chi connectivity index (χ1n) is 8.39. The predicted molar refractivity (Wildman–Crippen MR) is 109 cm³/mol. The van der Waals surface area contributed by atoms with Crippen LogP contribution in [0.3, 0.4) is 0 Å². The number of nitrogens with zero attached hydrogens (tertiary/aromatic N) is 2. The smallest absolute Gasteiger partial charge is 0.401 e. The largest absolute Gasteiger partial charge is 0.489 e. The van der Waals surface area contributed by atoms with Gasteiger partial charge in [0.2, 0.25) is 0 Å². The third kappa shape index (κ3) is 12.7. The number of halogens is 5. The standard InChI is InChI=1S/C17H26F4N4O.HI/c1-4-22-16(23-9-10-25(3)12-17(19,20)21)24-11-13(2)26-15-7-5-14(18)6-8-15;/h5-8,13H,4,9-12H2,1-3H3,(H2,22,23,24);1H. The van der Waals surface area contributed by atoms with Crippen molar-refractivity contribution in [3.8, 4) is 5.75 Å². The molecule has 0 saturated heterocycles. The molecule has 156 valence electrons. The van der Waals surface area contributed by atoms with Crippen molar-refractivity contribution < 1.29 is 22.3 Å². The van der Waals surface area contributed by atoms with Gasteiger partial charge in [-0.25, -0.2) is 9.38 Å². The minimum absolute atomic E-state index is 0. The first-order chi connectivity index (χ1) is 12.2. The van der Waals surface area contributed by atoms with E-state index < -0.39 is 12.7 Å². The quantitative estimate of drug-likeness (QED) is 0.234. The number of likely N-dealkylation sites (N-methyl/N-ethyl adjacent to an activating group) is 1. The molecule has 0 spiro atoms. The number of nitrogens with one attached hydrogen (secondary N) is 2. The highest BCUT2D eigenvalue weighted by Crippen LogP contribution is 2.15. The van der Waals surface area contributed by atoms with Gasteiger partial charge in [0.1, 0.15) is 17.7 Å². The lowest BCUT2D eigenvalue weighted by molar-refractivity contribution is -0.142. The van der Waals surface area contributed by atoms with E-state index in [1.807, 2.05) is 13.8 Å². The maximum atomic E-state index is 12.9. The summed E-state index contributed by atoms with van der Waals surface area (Å²) in [6, 6.07) is 5.70. The Bertz CT molecular complexity index is 555. The Morgan fingerprint density at radius 3 is 2.41 bits per heavy atom. The van der Waals surface area contributed by atoms with Gasteiger partial charge in [-0.15, -0.1) is 24.0 Å². The third-order valence-electron chi connectivity index (χ3n) is 3.24. The first kappa shape index (κ1) is 25.7. The minimum atomic E-state index is -4.21. The van der Waals surface area contributed by atoms with Gasteiger partial charge in [0.15, 0.2) is 5.96 Å². The van der Waals surface area contributed by atoms with E-state index in [4.69, 9.17) is 4.74 Å². The predicted octanol–water partition coefficient (Wildman–Crippen LogP) is 3.26. The molecule has 5 nitrogen and oxygen atoms in total. The zero-order chi connectivity index (χ0) is 19.6. The molecule has 1 rings (SSSR count). The fourth-order valence-electron chi connectivity index (χ4n) is 2.09. The Morgan fingerprint density at radius 2 is 1.85 bits per heavy atom. The van der Waals surface area contributed by atoms with Crippen LogP contribution in [0, 0.1) is 5.82 Å². The topological polar surface area (TPSA) is 48.9 Å². The van der Waals surface area contributed by atoms with E-state index in [0.717, 1.165) is 0 Å². The highest BCUT2D eigenvalue weighted by atomic mass is 127.